The first-order chi connectivity index (χ1) is 9.54. The van der Waals surface area contributed by atoms with Crippen LogP contribution in [0.3, 0.4) is 0 Å². The second-order valence-electron chi connectivity index (χ2n) is 4.21. The van der Waals surface area contributed by atoms with Gasteiger partial charge in [-0.25, -0.2) is 0 Å². The summed E-state index contributed by atoms with van der Waals surface area (Å²) in [6, 6.07) is 14.8. The van der Waals surface area contributed by atoms with E-state index in [-0.39, 0.29) is 5.91 Å². The highest BCUT2D eigenvalue weighted by atomic mass is 79.9. The molecular formula is C15H13Br2NO2. The normalized spacial score (nSPS) is 11.8. The average Bonchev–Trinajstić information content (AvgIpc) is 2.41. The van der Waals surface area contributed by atoms with Crippen molar-refractivity contribution in [3.05, 3.63) is 57.5 Å². The molecule has 0 heterocycles. The van der Waals surface area contributed by atoms with Gasteiger partial charge in [0.05, 0.1) is 0 Å². The van der Waals surface area contributed by atoms with E-state index >= 15 is 0 Å². The molecule has 1 atom stereocenters. The van der Waals surface area contributed by atoms with E-state index in [1.165, 1.54) is 0 Å². The molecule has 1 unspecified atom stereocenters. The van der Waals surface area contributed by atoms with E-state index in [2.05, 4.69) is 37.2 Å². The molecule has 0 aromatic heterocycles. The molecule has 0 aliphatic carbocycles. The number of carbonyl (C=O) groups excluding carboxylic acids is 1. The van der Waals surface area contributed by atoms with Crippen LogP contribution >= 0.6 is 31.9 Å². The molecule has 5 heteroatoms. The molecule has 2 aromatic carbocycles. The Morgan fingerprint density at radius 2 is 1.80 bits per heavy atom. The van der Waals surface area contributed by atoms with Gasteiger partial charge in [0, 0.05) is 14.6 Å². The quantitative estimate of drug-likeness (QED) is 0.815. The number of carbonyl (C=O) groups is 1. The number of rotatable bonds is 4. The fourth-order valence-electron chi connectivity index (χ4n) is 1.58. The third kappa shape index (κ3) is 4.35. The van der Waals surface area contributed by atoms with Crippen LogP contribution in [0.2, 0.25) is 0 Å². The van der Waals surface area contributed by atoms with E-state index in [9.17, 15) is 4.79 Å². The van der Waals surface area contributed by atoms with Crippen molar-refractivity contribution < 1.29 is 9.53 Å². The van der Waals surface area contributed by atoms with Crippen molar-refractivity contribution in [2.45, 2.75) is 13.0 Å². The summed E-state index contributed by atoms with van der Waals surface area (Å²) >= 11 is 6.71. The van der Waals surface area contributed by atoms with Gasteiger partial charge in [0.1, 0.15) is 5.75 Å². The van der Waals surface area contributed by atoms with Gasteiger partial charge in [-0.1, -0.05) is 37.9 Å². The van der Waals surface area contributed by atoms with Crippen LogP contribution in [0.5, 0.6) is 5.75 Å². The first kappa shape index (κ1) is 15.1. The van der Waals surface area contributed by atoms with E-state index in [1.807, 2.05) is 48.5 Å². The summed E-state index contributed by atoms with van der Waals surface area (Å²) in [5, 5.41) is 2.81. The van der Waals surface area contributed by atoms with Crippen molar-refractivity contribution >= 4 is 43.5 Å². The van der Waals surface area contributed by atoms with Gasteiger partial charge < -0.3 is 10.1 Å². The van der Waals surface area contributed by atoms with Crippen molar-refractivity contribution in [3.63, 3.8) is 0 Å². The standard InChI is InChI=1S/C15H13Br2NO2/c1-10(20-14-7-5-11(16)6-8-14)15(19)18-13-4-2-3-12(17)9-13/h2-10H,1H3,(H,18,19). The minimum absolute atomic E-state index is 0.189. The van der Waals surface area contributed by atoms with Crippen LogP contribution in [-0.4, -0.2) is 12.0 Å². The highest BCUT2D eigenvalue weighted by molar-refractivity contribution is 9.10. The van der Waals surface area contributed by atoms with E-state index in [0.717, 1.165) is 14.6 Å². The summed E-state index contributed by atoms with van der Waals surface area (Å²) in [6.45, 7) is 1.72. The third-order valence-electron chi connectivity index (χ3n) is 2.59. The molecule has 0 fully saturated rings. The summed E-state index contributed by atoms with van der Waals surface area (Å²) in [4.78, 5) is 12.0. The first-order valence-corrected chi connectivity index (χ1v) is 7.62. The molecule has 1 N–H and O–H groups in total. The Balaban J connectivity index is 1.96. The topological polar surface area (TPSA) is 38.3 Å². The Bertz CT molecular complexity index is 599. The summed E-state index contributed by atoms with van der Waals surface area (Å²) in [5.41, 5.74) is 0.732. The Hall–Kier alpha value is -1.33. The smallest absolute Gasteiger partial charge is 0.265 e. The summed E-state index contributed by atoms with van der Waals surface area (Å²) < 4.78 is 7.47. The van der Waals surface area contributed by atoms with Crippen LogP contribution in [0.1, 0.15) is 6.92 Å². The van der Waals surface area contributed by atoms with Gasteiger partial charge >= 0.3 is 0 Å². The molecule has 0 saturated carbocycles. The fraction of sp³-hybridized carbons (Fsp3) is 0.133. The monoisotopic (exact) mass is 397 g/mol. The fourth-order valence-corrected chi connectivity index (χ4v) is 2.24. The van der Waals surface area contributed by atoms with Gasteiger partial charge in [-0.2, -0.15) is 0 Å². The molecule has 2 aromatic rings. The predicted octanol–water partition coefficient (Wildman–Crippen LogP) is 4.62. The molecule has 0 radical (unpaired) electrons. The number of hydrogen-bond acceptors (Lipinski definition) is 2. The highest BCUT2D eigenvalue weighted by Crippen LogP contribution is 2.19. The van der Waals surface area contributed by atoms with E-state index < -0.39 is 6.10 Å². The highest BCUT2D eigenvalue weighted by Gasteiger charge is 2.14. The number of benzene rings is 2. The maximum absolute atomic E-state index is 12.0. The zero-order valence-electron chi connectivity index (χ0n) is 10.8. The number of anilines is 1. The van der Waals surface area contributed by atoms with Crippen LogP contribution in [0, 0.1) is 0 Å². The predicted molar refractivity (Wildman–Crippen MR) is 87.0 cm³/mol. The van der Waals surface area contributed by atoms with Crippen molar-refractivity contribution in [1.82, 2.24) is 0 Å². The molecule has 104 valence electrons. The van der Waals surface area contributed by atoms with Crippen LogP contribution < -0.4 is 10.1 Å². The van der Waals surface area contributed by atoms with Crippen molar-refractivity contribution in [1.29, 1.82) is 0 Å². The van der Waals surface area contributed by atoms with Crippen LogP contribution in [-0.2, 0) is 4.79 Å². The molecule has 0 aliphatic rings. The lowest BCUT2D eigenvalue weighted by Crippen LogP contribution is -2.30. The van der Waals surface area contributed by atoms with Gasteiger partial charge in [-0.3, -0.25) is 4.79 Å². The van der Waals surface area contributed by atoms with Crippen molar-refractivity contribution in [2.75, 3.05) is 5.32 Å². The Labute approximate surface area is 134 Å². The molecule has 1 amide bonds. The van der Waals surface area contributed by atoms with E-state index in [1.54, 1.807) is 6.92 Å². The largest absolute Gasteiger partial charge is 0.481 e. The molecule has 0 bridgehead atoms. The zero-order chi connectivity index (χ0) is 14.5. The zero-order valence-corrected chi connectivity index (χ0v) is 13.9. The molecule has 0 aliphatic heterocycles. The van der Waals surface area contributed by atoms with Crippen molar-refractivity contribution in [3.8, 4) is 5.75 Å². The minimum Gasteiger partial charge on any atom is -0.481 e. The van der Waals surface area contributed by atoms with Gasteiger partial charge in [-0.05, 0) is 49.4 Å². The number of nitrogens with one attached hydrogen (secondary N) is 1. The number of amides is 1. The summed E-state index contributed by atoms with van der Waals surface area (Å²) in [6.07, 6.45) is -0.574. The van der Waals surface area contributed by atoms with Gasteiger partial charge in [0.15, 0.2) is 6.10 Å². The second kappa shape index (κ2) is 6.90. The Morgan fingerprint density at radius 1 is 1.10 bits per heavy atom. The van der Waals surface area contributed by atoms with E-state index in [4.69, 9.17) is 4.74 Å². The second-order valence-corrected chi connectivity index (χ2v) is 6.04. The van der Waals surface area contributed by atoms with Crippen LogP contribution in [0.25, 0.3) is 0 Å². The summed E-state index contributed by atoms with van der Waals surface area (Å²) in [5.74, 6) is 0.469. The molecule has 3 nitrogen and oxygen atoms in total. The lowest BCUT2D eigenvalue weighted by molar-refractivity contribution is -0.122. The third-order valence-corrected chi connectivity index (χ3v) is 3.61. The average molecular weight is 399 g/mol. The summed E-state index contributed by atoms with van der Waals surface area (Å²) in [7, 11) is 0. The van der Waals surface area contributed by atoms with Crippen molar-refractivity contribution in [2.24, 2.45) is 0 Å². The maximum atomic E-state index is 12.0. The van der Waals surface area contributed by atoms with E-state index in [0.29, 0.717) is 5.75 Å². The van der Waals surface area contributed by atoms with Gasteiger partial charge in [-0.15, -0.1) is 0 Å². The Kier molecular flexibility index (Phi) is 5.20. The minimum atomic E-state index is -0.574. The van der Waals surface area contributed by atoms with Crippen LogP contribution in [0.15, 0.2) is 57.5 Å². The number of ether oxygens (including phenoxy) is 1. The number of halogens is 2. The molecular weight excluding hydrogens is 386 g/mol. The lowest BCUT2D eigenvalue weighted by atomic mass is 10.3. The maximum Gasteiger partial charge on any atom is 0.265 e. The van der Waals surface area contributed by atoms with Crippen LogP contribution in [0.4, 0.5) is 5.69 Å². The van der Waals surface area contributed by atoms with Gasteiger partial charge in [0.2, 0.25) is 0 Å². The molecule has 0 saturated heterocycles. The molecule has 20 heavy (non-hydrogen) atoms. The Morgan fingerprint density at radius 3 is 2.45 bits per heavy atom. The SMILES string of the molecule is CC(Oc1ccc(Br)cc1)C(=O)Nc1cccc(Br)c1. The number of hydrogen-bond donors (Lipinski definition) is 1. The molecule has 2 rings (SSSR count). The first-order valence-electron chi connectivity index (χ1n) is 6.03. The van der Waals surface area contributed by atoms with Gasteiger partial charge in [0.25, 0.3) is 5.91 Å². The molecule has 0 spiro atoms. The lowest BCUT2D eigenvalue weighted by Gasteiger charge is -2.15.